The molecule has 24 atom stereocenters. The van der Waals surface area contributed by atoms with Crippen LogP contribution in [-0.2, 0) is 80.7 Å². The number of carbonyl (C=O) groups is 3. The Hall–Kier alpha value is -2.43. The van der Waals surface area contributed by atoms with Gasteiger partial charge >= 0.3 is 11.9 Å². The number of Topliss-reactive ketones (excluding diaryl/α,β-unsaturated/α-hetero) is 1. The van der Waals surface area contributed by atoms with Crippen molar-refractivity contribution >= 4 is 17.7 Å². The normalized spacial score (nSPS) is 47.6. The molecule has 4 aliphatic heterocycles. The number of rotatable bonds is 16. The highest BCUT2D eigenvalue weighted by Gasteiger charge is 2.71. The van der Waals surface area contributed by atoms with Gasteiger partial charge in [0.05, 0.1) is 54.4 Å². The fourth-order valence-electron chi connectivity index (χ4n) is 14.8. The summed E-state index contributed by atoms with van der Waals surface area (Å²) in [5.74, 6) is -1.14. The molecule has 3 saturated carbocycles. The van der Waals surface area contributed by atoms with Gasteiger partial charge in [-0.3, -0.25) is 9.59 Å². The molecule has 0 aromatic carbocycles. The number of allylic oxidation sites excluding steroid dienone is 2. The lowest BCUT2D eigenvalue weighted by Gasteiger charge is -2.63. The van der Waals surface area contributed by atoms with Gasteiger partial charge in [0.2, 0.25) is 0 Å². The van der Waals surface area contributed by atoms with E-state index in [2.05, 4.69) is 13.0 Å². The van der Waals surface area contributed by atoms with Crippen molar-refractivity contribution in [2.75, 3.05) is 28.4 Å². The highest BCUT2D eigenvalue weighted by Crippen LogP contribution is 2.68. The number of carbonyl (C=O) groups excluding carboxylic acids is 3. The summed E-state index contributed by atoms with van der Waals surface area (Å²) in [7, 11) is 6.56. The Bertz CT molecular complexity index is 2030. The van der Waals surface area contributed by atoms with Crippen LogP contribution in [0.25, 0.3) is 0 Å². The minimum atomic E-state index is -1.15. The zero-order valence-electron chi connectivity index (χ0n) is 46.4. The number of methoxy groups -OCH3 is 4. The fraction of sp³-hybridized carbons (Fsp3) is 0.875. The predicted molar refractivity (Wildman–Crippen MR) is 266 cm³/mol. The van der Waals surface area contributed by atoms with Gasteiger partial charge < -0.3 is 71.4 Å². The summed E-state index contributed by atoms with van der Waals surface area (Å²) in [6.07, 6.45) is 2.12. The van der Waals surface area contributed by atoms with Gasteiger partial charge in [0.1, 0.15) is 36.3 Å². The van der Waals surface area contributed by atoms with Crippen LogP contribution in [0.1, 0.15) is 140 Å². The Morgan fingerprint density at radius 1 is 0.622 bits per heavy atom. The molecule has 8 aliphatic rings. The van der Waals surface area contributed by atoms with E-state index in [1.807, 2.05) is 41.5 Å². The Morgan fingerprint density at radius 3 is 1.53 bits per heavy atom. The molecule has 4 heterocycles. The molecular weight excluding hydrogens is 961 g/mol. The molecule has 1 N–H and O–H groups in total. The smallest absolute Gasteiger partial charge is 0.333 e. The molecule has 0 spiro atoms. The summed E-state index contributed by atoms with van der Waals surface area (Å²) in [6, 6.07) is 0. The highest BCUT2D eigenvalue weighted by atomic mass is 16.8. The molecule has 0 radical (unpaired) electrons. The first kappa shape index (κ1) is 57.7. The minimum Gasteiger partial charge on any atom is -0.458 e. The van der Waals surface area contributed by atoms with Gasteiger partial charge in [0.25, 0.3) is 0 Å². The second-order valence-electron chi connectivity index (χ2n) is 23.1. The SMILES string of the molecule is C/C=C(\C)C(=O)O[C@@H]1CC2C(CC=C3C[C@@H](O[C@H]4C[C@H](OC)[C@H](O[C@H]5C[C@H](OC)[C@H](O[C@H]6C[C@H](OC)[C@H](O[C@H]7C[C@@H](OC)[C@H](OC(C)=O)[C@@H](C)O7)[C@@H](C)O6)[C@@H](C)O5)[C@@H](C)O4)CC[C@@]32C)[C@@]2(O)CC[C@H](C(C)=O)[C@@]12C. The Kier molecular flexibility index (Phi) is 18.3. The summed E-state index contributed by atoms with van der Waals surface area (Å²) < 4.78 is 87.9. The maximum Gasteiger partial charge on any atom is 0.333 e. The van der Waals surface area contributed by atoms with E-state index in [0.29, 0.717) is 56.9 Å². The van der Waals surface area contributed by atoms with E-state index < -0.39 is 103 Å². The molecule has 18 heteroatoms. The number of fused-ring (bicyclic) bond motifs is 5. The van der Waals surface area contributed by atoms with Gasteiger partial charge in [-0.25, -0.2) is 4.79 Å². The zero-order chi connectivity index (χ0) is 53.6. The van der Waals surface area contributed by atoms with Crippen LogP contribution in [0.15, 0.2) is 23.3 Å². The second-order valence-corrected chi connectivity index (χ2v) is 23.1. The van der Waals surface area contributed by atoms with Gasteiger partial charge in [0, 0.05) is 78.0 Å². The average molecular weight is 1050 g/mol. The Balaban J connectivity index is 0.847. The molecule has 0 amide bonds. The lowest BCUT2D eigenvalue weighted by molar-refractivity contribution is -0.347. The van der Waals surface area contributed by atoms with Crippen molar-refractivity contribution < 1.29 is 85.8 Å². The number of ketones is 1. The van der Waals surface area contributed by atoms with E-state index in [1.54, 1.807) is 48.4 Å². The number of hydrogen-bond donors (Lipinski definition) is 1. The van der Waals surface area contributed by atoms with Crippen LogP contribution in [0.4, 0.5) is 0 Å². The molecule has 8 rings (SSSR count). The van der Waals surface area contributed by atoms with Gasteiger partial charge in [-0.05, 0) is 111 Å². The van der Waals surface area contributed by atoms with Crippen molar-refractivity contribution in [3.8, 4) is 0 Å². The summed E-state index contributed by atoms with van der Waals surface area (Å²) in [6.45, 7) is 18.5. The van der Waals surface area contributed by atoms with Crippen LogP contribution in [0.2, 0.25) is 0 Å². The summed E-state index contributed by atoms with van der Waals surface area (Å²) in [5, 5.41) is 12.9. The predicted octanol–water partition coefficient (Wildman–Crippen LogP) is 6.83. The third kappa shape index (κ3) is 11.1. The van der Waals surface area contributed by atoms with E-state index in [4.69, 9.17) is 66.3 Å². The monoisotopic (exact) mass is 1050 g/mol. The molecule has 18 nitrogen and oxygen atoms in total. The van der Waals surface area contributed by atoms with Crippen molar-refractivity contribution in [3.05, 3.63) is 23.3 Å². The number of aliphatic hydroxyl groups is 1. The number of hydrogen-bond acceptors (Lipinski definition) is 18. The molecule has 0 bridgehead atoms. The first-order valence-electron chi connectivity index (χ1n) is 27.4. The molecule has 420 valence electrons. The maximum atomic E-state index is 13.4. The molecule has 4 aliphatic carbocycles. The molecule has 0 aromatic heterocycles. The average Bonchev–Trinajstić information content (AvgIpc) is 3.66. The maximum absolute atomic E-state index is 13.4. The quantitative estimate of drug-likeness (QED) is 0.0957. The first-order valence-corrected chi connectivity index (χ1v) is 27.4. The van der Waals surface area contributed by atoms with E-state index in [0.717, 1.165) is 19.3 Å². The molecular formula is C56H88O18. The highest BCUT2D eigenvalue weighted by molar-refractivity contribution is 5.88. The molecule has 4 saturated heterocycles. The summed E-state index contributed by atoms with van der Waals surface area (Å²) >= 11 is 0. The summed E-state index contributed by atoms with van der Waals surface area (Å²) in [4.78, 5) is 38.3. The standard InChI is InChI=1S/C56H88O18/c1-15-28(2)53(59)71-44-23-39-38(56(60)21-19-37(29(3)57)55(44,56)10)17-16-35-22-36(18-20-54(35,39)9)70-45-24-41(62-12)50(31(5)65-45)73-47-26-43(64-14)52(33(7)67-47)74-48-27-42(63-13)51(32(6)68-48)72-46-25-40(61-11)49(30(4)66-46)69-34(8)58/h15-16,30-33,36-52,60H,17-27H2,1-14H3/b28-15+/t30-,31-,32-,33-,36+,37-,38?,39?,40-,41+,42+,43+,44-,45+,46+,47+,48+,49-,50-,51-,52-,54+,55+,56+/m1/s1. The minimum absolute atomic E-state index is 0.0396. The van der Waals surface area contributed by atoms with Gasteiger partial charge in [-0.2, -0.15) is 0 Å². The topological polar surface area (TPSA) is 201 Å². The molecule has 74 heavy (non-hydrogen) atoms. The molecule has 7 fully saturated rings. The second kappa shape index (κ2) is 23.5. The molecule has 0 aromatic rings. The van der Waals surface area contributed by atoms with E-state index in [1.165, 1.54) is 12.5 Å². The van der Waals surface area contributed by atoms with Crippen molar-refractivity contribution in [1.82, 2.24) is 0 Å². The van der Waals surface area contributed by atoms with Crippen LogP contribution in [0.3, 0.4) is 0 Å². The van der Waals surface area contributed by atoms with Crippen molar-refractivity contribution in [2.45, 2.75) is 256 Å². The van der Waals surface area contributed by atoms with E-state index >= 15 is 0 Å². The third-order valence-corrected chi connectivity index (χ3v) is 19.1. The van der Waals surface area contributed by atoms with Crippen molar-refractivity contribution in [2.24, 2.45) is 28.6 Å². The fourth-order valence-corrected chi connectivity index (χ4v) is 14.8. The van der Waals surface area contributed by atoms with Crippen LogP contribution in [0, 0.1) is 28.6 Å². The number of esters is 2. The third-order valence-electron chi connectivity index (χ3n) is 19.1. The van der Waals surface area contributed by atoms with Crippen LogP contribution in [0.5, 0.6) is 0 Å². The van der Waals surface area contributed by atoms with E-state index in [9.17, 15) is 19.5 Å². The Morgan fingerprint density at radius 2 is 1.08 bits per heavy atom. The largest absolute Gasteiger partial charge is 0.458 e. The van der Waals surface area contributed by atoms with Crippen molar-refractivity contribution in [1.29, 1.82) is 0 Å². The van der Waals surface area contributed by atoms with Crippen LogP contribution in [-0.4, -0.2) is 167 Å². The zero-order valence-corrected chi connectivity index (χ0v) is 46.4. The van der Waals surface area contributed by atoms with Crippen LogP contribution < -0.4 is 0 Å². The van der Waals surface area contributed by atoms with Gasteiger partial charge in [-0.15, -0.1) is 0 Å². The van der Waals surface area contributed by atoms with E-state index in [-0.39, 0.29) is 59.5 Å². The van der Waals surface area contributed by atoms with Crippen molar-refractivity contribution in [3.63, 3.8) is 0 Å². The van der Waals surface area contributed by atoms with Crippen LogP contribution >= 0.6 is 0 Å². The lowest BCUT2D eigenvalue weighted by Crippen LogP contribution is -2.66. The summed E-state index contributed by atoms with van der Waals surface area (Å²) in [5.41, 5.74) is -0.450. The lowest BCUT2D eigenvalue weighted by atomic mass is 9.45. The first-order chi connectivity index (χ1) is 35.1. The Labute approximate surface area is 438 Å². The van der Waals surface area contributed by atoms with Gasteiger partial charge in [0.15, 0.2) is 31.3 Å². The molecule has 2 unspecified atom stereocenters. The van der Waals surface area contributed by atoms with Gasteiger partial charge in [-0.1, -0.05) is 31.6 Å². The number of ether oxygens (including phenoxy) is 14.